The Balaban J connectivity index is 2.22. The molecule has 31 heavy (non-hydrogen) atoms. The molecule has 1 aliphatic rings. The molecule has 0 unspecified atom stereocenters. The van der Waals surface area contributed by atoms with Crippen molar-refractivity contribution in [1.29, 1.82) is 0 Å². The van der Waals surface area contributed by atoms with Gasteiger partial charge in [0, 0.05) is 5.69 Å². The maximum Gasteiger partial charge on any atom is 0.357 e. The largest absolute Gasteiger partial charge is 0.476 e. The summed E-state index contributed by atoms with van der Waals surface area (Å²) in [5.41, 5.74) is -1.48. The number of carboxylic acids is 1. The molecular formula is C15H16N4O10S2. The van der Waals surface area contributed by atoms with Gasteiger partial charge in [0.1, 0.15) is 0 Å². The summed E-state index contributed by atoms with van der Waals surface area (Å²) < 4.78 is 62.0. The van der Waals surface area contributed by atoms with E-state index in [0.29, 0.717) is 10.4 Å². The number of hydrazone groups is 1. The van der Waals surface area contributed by atoms with Crippen molar-refractivity contribution in [2.45, 2.75) is 12.8 Å². The molecule has 0 bridgehead atoms. The summed E-state index contributed by atoms with van der Waals surface area (Å²) in [6.07, 6.45) is 6.21. The molecule has 0 atom stereocenters. The predicted molar refractivity (Wildman–Crippen MR) is 106 cm³/mol. The molecule has 168 valence electrons. The van der Waals surface area contributed by atoms with E-state index < -0.39 is 60.7 Å². The molecule has 0 fully saturated rings. The van der Waals surface area contributed by atoms with Crippen LogP contribution in [0.5, 0.6) is 0 Å². The second kappa shape index (κ2) is 8.80. The van der Waals surface area contributed by atoms with E-state index >= 15 is 0 Å². The fourth-order valence-corrected chi connectivity index (χ4v) is 3.44. The zero-order valence-electron chi connectivity index (χ0n) is 15.7. The van der Waals surface area contributed by atoms with Gasteiger partial charge in [-0.25, -0.2) is 14.5 Å². The Hall–Kier alpha value is -3.34. The molecule has 0 radical (unpaired) electrons. The Morgan fingerprint density at radius 3 is 2.23 bits per heavy atom. The lowest BCUT2D eigenvalue weighted by Crippen LogP contribution is -2.28. The minimum atomic E-state index is -4.63. The summed E-state index contributed by atoms with van der Waals surface area (Å²) in [5.74, 6) is -4.82. The van der Waals surface area contributed by atoms with E-state index in [1.54, 1.807) is 0 Å². The number of aromatic amines is 1. The molecule has 2 rings (SSSR count). The highest BCUT2D eigenvalue weighted by Gasteiger charge is 2.35. The SMILES string of the molecule is Cc1[nH]n(CS(=O)(=O)O)c(=O)c1C=CC=CC=C1C(=O)N(CS(=O)(=O)O)N=C1C(=O)O. The van der Waals surface area contributed by atoms with Crippen LogP contribution in [0.2, 0.25) is 0 Å². The summed E-state index contributed by atoms with van der Waals surface area (Å²) in [7, 11) is -9.07. The number of allylic oxidation sites excluding steroid dienone is 4. The predicted octanol–water partition coefficient (Wildman–Crippen LogP) is -1.05. The molecule has 4 N–H and O–H groups in total. The number of nitrogens with one attached hydrogen (secondary N) is 1. The molecule has 0 saturated carbocycles. The van der Waals surface area contributed by atoms with Gasteiger partial charge in [-0.15, -0.1) is 0 Å². The van der Waals surface area contributed by atoms with Gasteiger partial charge < -0.3 is 5.11 Å². The van der Waals surface area contributed by atoms with Crippen molar-refractivity contribution in [1.82, 2.24) is 14.8 Å². The van der Waals surface area contributed by atoms with Crippen LogP contribution >= 0.6 is 0 Å². The number of rotatable bonds is 8. The molecule has 0 saturated heterocycles. The minimum absolute atomic E-state index is 0.0880. The van der Waals surface area contributed by atoms with Crippen LogP contribution < -0.4 is 5.56 Å². The van der Waals surface area contributed by atoms with Gasteiger partial charge in [-0.3, -0.25) is 23.8 Å². The van der Waals surface area contributed by atoms with Crippen LogP contribution in [0.3, 0.4) is 0 Å². The monoisotopic (exact) mass is 476 g/mol. The Labute approximate surface area is 175 Å². The van der Waals surface area contributed by atoms with Crippen molar-refractivity contribution in [3.8, 4) is 0 Å². The molecule has 1 aromatic heterocycles. The summed E-state index contributed by atoms with van der Waals surface area (Å²) in [4.78, 5) is 35.5. The molecule has 1 aromatic rings. The smallest absolute Gasteiger partial charge is 0.357 e. The summed E-state index contributed by atoms with van der Waals surface area (Å²) in [6.45, 7) is 1.49. The third-order valence-electron chi connectivity index (χ3n) is 3.65. The summed E-state index contributed by atoms with van der Waals surface area (Å²) in [5, 5.41) is 15.2. The molecule has 2 heterocycles. The van der Waals surface area contributed by atoms with Gasteiger partial charge in [-0.1, -0.05) is 18.2 Å². The average molecular weight is 476 g/mol. The quantitative estimate of drug-likeness (QED) is 0.203. The van der Waals surface area contributed by atoms with Gasteiger partial charge in [0.25, 0.3) is 31.7 Å². The first-order chi connectivity index (χ1) is 14.2. The van der Waals surface area contributed by atoms with E-state index in [9.17, 15) is 31.2 Å². The normalized spacial score (nSPS) is 16.7. The number of carbonyl (C=O) groups is 2. The highest BCUT2D eigenvalue weighted by atomic mass is 32.2. The zero-order valence-corrected chi connectivity index (χ0v) is 17.3. The first kappa shape index (κ1) is 23.9. The molecule has 14 nitrogen and oxygen atoms in total. The van der Waals surface area contributed by atoms with E-state index in [4.69, 9.17) is 14.2 Å². The molecule has 1 aliphatic heterocycles. The van der Waals surface area contributed by atoms with Gasteiger partial charge in [0.15, 0.2) is 17.5 Å². The molecular weight excluding hydrogens is 460 g/mol. The second-order valence-corrected chi connectivity index (χ2v) is 8.93. The number of hydrogen-bond donors (Lipinski definition) is 4. The van der Waals surface area contributed by atoms with Crippen LogP contribution in [0.4, 0.5) is 0 Å². The highest BCUT2D eigenvalue weighted by molar-refractivity contribution is 7.85. The topological polar surface area (TPSA) is 216 Å². The average Bonchev–Trinajstić information content (AvgIpc) is 3.03. The van der Waals surface area contributed by atoms with Crippen molar-refractivity contribution in [3.05, 3.63) is 51.5 Å². The Bertz CT molecular complexity index is 1310. The van der Waals surface area contributed by atoms with Gasteiger partial charge in [0.05, 0.1) is 11.1 Å². The fourth-order valence-electron chi connectivity index (χ4n) is 2.45. The number of hydrogen-bond acceptors (Lipinski definition) is 8. The van der Waals surface area contributed by atoms with Crippen molar-refractivity contribution in [2.24, 2.45) is 5.10 Å². The third-order valence-corrected chi connectivity index (χ3v) is 4.81. The van der Waals surface area contributed by atoms with Crippen molar-refractivity contribution < 1.29 is 40.6 Å². The number of H-pyrrole nitrogens is 1. The van der Waals surface area contributed by atoms with E-state index in [1.807, 2.05) is 0 Å². The van der Waals surface area contributed by atoms with Crippen molar-refractivity contribution in [3.63, 3.8) is 0 Å². The van der Waals surface area contributed by atoms with E-state index in [0.717, 1.165) is 6.08 Å². The minimum Gasteiger partial charge on any atom is -0.476 e. The second-order valence-electron chi connectivity index (χ2n) is 6.09. The molecule has 0 spiro atoms. The Kier molecular flexibility index (Phi) is 6.80. The first-order valence-electron chi connectivity index (χ1n) is 8.08. The van der Waals surface area contributed by atoms with Crippen LogP contribution in [-0.2, 0) is 35.7 Å². The number of carbonyl (C=O) groups excluding carboxylic acids is 1. The summed E-state index contributed by atoms with van der Waals surface area (Å²) >= 11 is 0. The van der Waals surface area contributed by atoms with Gasteiger partial charge in [0.2, 0.25) is 0 Å². The molecule has 16 heteroatoms. The Morgan fingerprint density at radius 2 is 1.68 bits per heavy atom. The number of aryl methyl sites for hydroxylation is 1. The number of carboxylic acid groups (broad SMARTS) is 1. The van der Waals surface area contributed by atoms with Crippen LogP contribution in [-0.4, -0.2) is 69.3 Å². The van der Waals surface area contributed by atoms with Crippen LogP contribution in [0, 0.1) is 6.92 Å². The van der Waals surface area contributed by atoms with Gasteiger partial charge in [-0.05, 0) is 19.1 Å². The molecule has 0 aliphatic carbocycles. The number of nitrogens with zero attached hydrogens (tertiary/aromatic N) is 3. The zero-order chi connectivity index (χ0) is 23.6. The first-order valence-corrected chi connectivity index (χ1v) is 11.3. The van der Waals surface area contributed by atoms with E-state index in [-0.39, 0.29) is 10.6 Å². The van der Waals surface area contributed by atoms with Crippen molar-refractivity contribution in [2.75, 3.05) is 5.88 Å². The number of aromatic nitrogens is 2. The lowest BCUT2D eigenvalue weighted by atomic mass is 10.1. The van der Waals surface area contributed by atoms with Gasteiger partial charge in [-0.2, -0.15) is 21.9 Å². The lowest BCUT2D eigenvalue weighted by Gasteiger charge is -2.07. The lowest BCUT2D eigenvalue weighted by molar-refractivity contribution is -0.129. The Morgan fingerprint density at radius 1 is 1.06 bits per heavy atom. The van der Waals surface area contributed by atoms with Crippen LogP contribution in [0.15, 0.2) is 39.8 Å². The number of amides is 1. The standard InChI is InChI=1S/C15H16N4O10S2/c1-9-10(13(20)18(16-9)7-30(24,25)26)5-3-2-4-6-11-12(15(22)23)17-19(14(11)21)8-31(27,28)29/h2-6,16H,7-8H2,1H3,(H,22,23)(H,24,25,26)(H,27,28,29). The maximum absolute atomic E-state index is 12.1. The number of aliphatic carboxylic acids is 1. The van der Waals surface area contributed by atoms with E-state index in [2.05, 4.69) is 10.2 Å². The molecule has 1 amide bonds. The highest BCUT2D eigenvalue weighted by Crippen LogP contribution is 2.16. The third kappa shape index (κ3) is 6.32. The van der Waals surface area contributed by atoms with Crippen LogP contribution in [0.25, 0.3) is 6.08 Å². The fraction of sp³-hybridized carbons (Fsp3) is 0.200. The van der Waals surface area contributed by atoms with Crippen LogP contribution in [0.1, 0.15) is 11.3 Å². The summed E-state index contributed by atoms with van der Waals surface area (Å²) in [6, 6.07) is 0. The van der Waals surface area contributed by atoms with Gasteiger partial charge >= 0.3 is 5.97 Å². The van der Waals surface area contributed by atoms with Crippen molar-refractivity contribution >= 4 is 43.9 Å². The van der Waals surface area contributed by atoms with E-state index in [1.165, 1.54) is 31.2 Å². The molecule has 0 aromatic carbocycles. The maximum atomic E-state index is 12.1.